The van der Waals surface area contributed by atoms with E-state index in [2.05, 4.69) is 31.9 Å². The quantitative estimate of drug-likeness (QED) is 0.485. The second-order valence-corrected chi connectivity index (χ2v) is 7.85. The zero-order valence-electron chi connectivity index (χ0n) is 15.1. The van der Waals surface area contributed by atoms with Crippen LogP contribution in [0.5, 0.6) is 5.75 Å². The average molecular weight is 413 g/mol. The van der Waals surface area contributed by atoms with Gasteiger partial charge in [0, 0.05) is 0 Å². The minimum atomic E-state index is -0.171. The van der Waals surface area contributed by atoms with Crippen LogP contribution in [0.1, 0.15) is 5.56 Å². The van der Waals surface area contributed by atoms with Crippen molar-refractivity contribution < 1.29 is 9.53 Å². The second kappa shape index (κ2) is 7.95. The van der Waals surface area contributed by atoms with Crippen molar-refractivity contribution >= 4 is 44.4 Å². The molecule has 0 unspecified atom stereocenters. The van der Waals surface area contributed by atoms with Crippen molar-refractivity contribution in [2.75, 3.05) is 18.2 Å². The molecule has 4 aromatic rings. The lowest BCUT2D eigenvalue weighted by Gasteiger charge is -2.08. The molecule has 0 saturated heterocycles. The van der Waals surface area contributed by atoms with Crippen LogP contribution in [0.4, 0.5) is 5.13 Å². The number of rotatable bonds is 6. The van der Waals surface area contributed by atoms with Crippen LogP contribution in [0.2, 0.25) is 0 Å². The second-order valence-electron chi connectivity index (χ2n) is 5.87. The molecule has 1 amide bonds. The molecule has 0 aliphatic rings. The first-order valence-electron chi connectivity index (χ1n) is 8.35. The number of aryl methyl sites for hydroxylation is 1. The van der Waals surface area contributed by atoms with E-state index in [1.807, 2.05) is 43.3 Å². The standard InChI is InChI=1S/C18H16N6O2S2/c1-11-7-8-12-15(9-11)28-17(19-12)20-16(25)10-27-18-21-22-23-24(18)13-5-3-4-6-14(13)26-2/h3-9H,10H2,1-2H3,(H,19,20,25). The van der Waals surface area contributed by atoms with Gasteiger partial charge >= 0.3 is 0 Å². The molecule has 142 valence electrons. The van der Waals surface area contributed by atoms with E-state index in [9.17, 15) is 4.79 Å². The number of carbonyl (C=O) groups excluding carboxylic acids is 1. The molecule has 0 atom stereocenters. The Balaban J connectivity index is 1.45. The molecule has 8 nitrogen and oxygen atoms in total. The Morgan fingerprint density at radius 1 is 1.29 bits per heavy atom. The molecule has 0 spiro atoms. The molecule has 2 aromatic heterocycles. The molecule has 28 heavy (non-hydrogen) atoms. The van der Waals surface area contributed by atoms with Gasteiger partial charge in [0.05, 0.1) is 23.1 Å². The number of thioether (sulfide) groups is 1. The van der Waals surface area contributed by atoms with Crippen LogP contribution < -0.4 is 10.1 Å². The first kappa shape index (κ1) is 18.4. The lowest BCUT2D eigenvalue weighted by Crippen LogP contribution is -2.14. The van der Waals surface area contributed by atoms with E-state index in [1.165, 1.54) is 23.1 Å². The Bertz CT molecular complexity index is 1140. The number of ether oxygens (including phenoxy) is 1. The summed E-state index contributed by atoms with van der Waals surface area (Å²) < 4.78 is 7.95. The molecule has 10 heteroatoms. The van der Waals surface area contributed by atoms with Gasteiger partial charge in [0.25, 0.3) is 0 Å². The van der Waals surface area contributed by atoms with E-state index in [-0.39, 0.29) is 11.7 Å². The predicted octanol–water partition coefficient (Wildman–Crippen LogP) is 3.32. The predicted molar refractivity (Wildman–Crippen MR) is 109 cm³/mol. The maximum Gasteiger partial charge on any atom is 0.236 e. The Hall–Kier alpha value is -2.98. The van der Waals surface area contributed by atoms with E-state index in [1.54, 1.807) is 11.8 Å². The SMILES string of the molecule is COc1ccccc1-n1nnnc1SCC(=O)Nc1nc2ccc(C)cc2s1. The van der Waals surface area contributed by atoms with E-state index in [0.29, 0.717) is 21.7 Å². The number of hydrogen-bond acceptors (Lipinski definition) is 8. The van der Waals surface area contributed by atoms with Gasteiger partial charge < -0.3 is 10.1 Å². The highest BCUT2D eigenvalue weighted by Gasteiger charge is 2.15. The molecule has 1 N–H and O–H groups in total. The number of amides is 1. The van der Waals surface area contributed by atoms with E-state index in [0.717, 1.165) is 15.8 Å². The zero-order valence-corrected chi connectivity index (χ0v) is 16.8. The van der Waals surface area contributed by atoms with Crippen molar-refractivity contribution in [3.63, 3.8) is 0 Å². The summed E-state index contributed by atoms with van der Waals surface area (Å²) in [5.41, 5.74) is 2.74. The van der Waals surface area contributed by atoms with Gasteiger partial charge in [0.1, 0.15) is 11.4 Å². The third kappa shape index (κ3) is 3.82. The Kier molecular flexibility index (Phi) is 5.22. The summed E-state index contributed by atoms with van der Waals surface area (Å²) in [7, 11) is 1.59. The molecule has 0 aliphatic carbocycles. The Morgan fingerprint density at radius 2 is 2.14 bits per heavy atom. The molecule has 0 aliphatic heterocycles. The minimum Gasteiger partial charge on any atom is -0.494 e. The number of hydrogen-bond donors (Lipinski definition) is 1. The van der Waals surface area contributed by atoms with Crippen molar-refractivity contribution in [2.24, 2.45) is 0 Å². The number of thiazole rings is 1. The summed E-state index contributed by atoms with van der Waals surface area (Å²) in [6.07, 6.45) is 0. The van der Waals surface area contributed by atoms with Crippen molar-refractivity contribution in [1.82, 2.24) is 25.2 Å². The molecular weight excluding hydrogens is 396 g/mol. The highest BCUT2D eigenvalue weighted by molar-refractivity contribution is 7.99. The summed E-state index contributed by atoms with van der Waals surface area (Å²) in [6.45, 7) is 2.03. The molecule has 0 radical (unpaired) electrons. The van der Waals surface area contributed by atoms with Gasteiger partial charge in [-0.25, -0.2) is 4.98 Å². The monoisotopic (exact) mass is 412 g/mol. The summed E-state index contributed by atoms with van der Waals surface area (Å²) in [6, 6.07) is 13.4. The molecule has 0 fully saturated rings. The topological polar surface area (TPSA) is 94.8 Å². The van der Waals surface area contributed by atoms with E-state index >= 15 is 0 Å². The van der Waals surface area contributed by atoms with Crippen molar-refractivity contribution in [1.29, 1.82) is 0 Å². The van der Waals surface area contributed by atoms with E-state index in [4.69, 9.17) is 4.74 Å². The van der Waals surface area contributed by atoms with Gasteiger partial charge in [0.2, 0.25) is 11.1 Å². The molecule has 2 heterocycles. The fourth-order valence-corrected chi connectivity index (χ4v) is 4.26. The third-order valence-electron chi connectivity index (χ3n) is 3.88. The van der Waals surface area contributed by atoms with Gasteiger partial charge in [0.15, 0.2) is 5.13 Å². The van der Waals surface area contributed by atoms with Crippen molar-refractivity contribution in [2.45, 2.75) is 12.1 Å². The van der Waals surface area contributed by atoms with Crippen LogP contribution in [0.25, 0.3) is 15.9 Å². The van der Waals surface area contributed by atoms with Crippen molar-refractivity contribution in [3.05, 3.63) is 48.0 Å². The summed E-state index contributed by atoms with van der Waals surface area (Å²) >= 11 is 2.69. The average Bonchev–Trinajstić information content (AvgIpc) is 3.32. The van der Waals surface area contributed by atoms with Crippen molar-refractivity contribution in [3.8, 4) is 11.4 Å². The van der Waals surface area contributed by atoms with Crippen LogP contribution in [0, 0.1) is 6.92 Å². The number of aromatic nitrogens is 5. The number of para-hydroxylation sites is 2. The fraction of sp³-hybridized carbons (Fsp3) is 0.167. The van der Waals surface area contributed by atoms with Gasteiger partial charge in [-0.05, 0) is 47.2 Å². The molecule has 0 bridgehead atoms. The highest BCUT2D eigenvalue weighted by atomic mass is 32.2. The number of anilines is 1. The lowest BCUT2D eigenvalue weighted by atomic mass is 10.2. The summed E-state index contributed by atoms with van der Waals surface area (Å²) in [4.78, 5) is 16.8. The Labute approximate surface area is 168 Å². The third-order valence-corrected chi connectivity index (χ3v) is 5.73. The molecule has 0 saturated carbocycles. The minimum absolute atomic E-state index is 0.157. The van der Waals surface area contributed by atoms with Crippen LogP contribution in [-0.2, 0) is 4.79 Å². The van der Waals surface area contributed by atoms with Crippen LogP contribution >= 0.6 is 23.1 Å². The number of benzene rings is 2. The maximum absolute atomic E-state index is 12.4. The first-order valence-corrected chi connectivity index (χ1v) is 10.2. The molecular formula is C18H16N6O2S2. The van der Waals surface area contributed by atoms with Gasteiger partial charge in [-0.15, -0.1) is 5.10 Å². The normalized spacial score (nSPS) is 10.9. The van der Waals surface area contributed by atoms with Gasteiger partial charge in [-0.1, -0.05) is 41.3 Å². The maximum atomic E-state index is 12.4. The van der Waals surface area contributed by atoms with Gasteiger partial charge in [-0.3, -0.25) is 4.79 Å². The Morgan fingerprint density at radius 3 is 3.00 bits per heavy atom. The number of nitrogens with one attached hydrogen (secondary N) is 1. The van der Waals surface area contributed by atoms with Crippen LogP contribution in [0.15, 0.2) is 47.6 Å². The van der Waals surface area contributed by atoms with E-state index < -0.39 is 0 Å². The lowest BCUT2D eigenvalue weighted by molar-refractivity contribution is -0.113. The number of methoxy groups -OCH3 is 1. The van der Waals surface area contributed by atoms with Crippen LogP contribution in [0.3, 0.4) is 0 Å². The van der Waals surface area contributed by atoms with Gasteiger partial charge in [-0.2, -0.15) is 4.68 Å². The summed E-state index contributed by atoms with van der Waals surface area (Å²) in [5.74, 6) is 0.631. The van der Waals surface area contributed by atoms with Crippen LogP contribution in [-0.4, -0.2) is 44.0 Å². The number of fused-ring (bicyclic) bond motifs is 1. The zero-order chi connectivity index (χ0) is 19.5. The summed E-state index contributed by atoms with van der Waals surface area (Å²) in [5, 5.41) is 15.7. The fourth-order valence-electron chi connectivity index (χ4n) is 2.60. The molecule has 4 rings (SSSR count). The number of nitrogens with zero attached hydrogens (tertiary/aromatic N) is 5. The first-order chi connectivity index (χ1) is 13.6. The number of carbonyl (C=O) groups is 1. The number of tetrazole rings is 1. The largest absolute Gasteiger partial charge is 0.494 e. The molecule has 2 aromatic carbocycles. The smallest absolute Gasteiger partial charge is 0.236 e. The highest BCUT2D eigenvalue weighted by Crippen LogP contribution is 2.28.